The summed E-state index contributed by atoms with van der Waals surface area (Å²) in [6.07, 6.45) is 2.59. The first-order valence-electron chi connectivity index (χ1n) is 8.63. The first-order valence-corrected chi connectivity index (χ1v) is 8.63. The minimum absolute atomic E-state index is 0.207. The number of amides is 2. The maximum absolute atomic E-state index is 11.8. The summed E-state index contributed by atoms with van der Waals surface area (Å²) >= 11 is 0. The van der Waals surface area contributed by atoms with Gasteiger partial charge in [-0.1, -0.05) is 30.3 Å². The van der Waals surface area contributed by atoms with Gasteiger partial charge in [0.25, 0.3) is 0 Å². The van der Waals surface area contributed by atoms with Crippen molar-refractivity contribution in [1.29, 1.82) is 0 Å². The highest BCUT2D eigenvalue weighted by molar-refractivity contribution is 5.73. The van der Waals surface area contributed by atoms with E-state index in [2.05, 4.69) is 20.5 Å². The normalized spacial score (nSPS) is 15.0. The van der Waals surface area contributed by atoms with Crippen LogP contribution in [0.1, 0.15) is 12.3 Å². The van der Waals surface area contributed by atoms with Crippen molar-refractivity contribution in [2.45, 2.75) is 13.0 Å². The molecule has 3 rings (SSSR count). The Balaban J connectivity index is 1.33. The van der Waals surface area contributed by atoms with E-state index in [4.69, 9.17) is 9.15 Å². The average molecular weight is 344 g/mol. The second-order valence-corrected chi connectivity index (χ2v) is 5.90. The molecule has 7 heteroatoms. The molecule has 1 saturated heterocycles. The predicted molar refractivity (Wildman–Crippen MR) is 94.1 cm³/mol. The van der Waals surface area contributed by atoms with Gasteiger partial charge in [0.05, 0.1) is 26.0 Å². The third-order valence-corrected chi connectivity index (χ3v) is 4.05. The van der Waals surface area contributed by atoms with Crippen LogP contribution < -0.4 is 10.6 Å². The second kappa shape index (κ2) is 9.19. The Kier molecular flexibility index (Phi) is 6.42. The summed E-state index contributed by atoms with van der Waals surface area (Å²) in [5, 5.41) is 5.62. The summed E-state index contributed by atoms with van der Waals surface area (Å²) in [5.74, 6) is 1.19. The molecule has 7 nitrogen and oxygen atoms in total. The minimum atomic E-state index is -0.207. The van der Waals surface area contributed by atoms with Crippen LogP contribution in [0.15, 0.2) is 40.9 Å². The number of carbonyl (C=O) groups is 1. The lowest BCUT2D eigenvalue weighted by Gasteiger charge is -2.26. The lowest BCUT2D eigenvalue weighted by molar-refractivity contribution is 0.0375. The van der Waals surface area contributed by atoms with Crippen molar-refractivity contribution < 1.29 is 13.9 Å². The van der Waals surface area contributed by atoms with Crippen molar-refractivity contribution in [2.75, 3.05) is 39.4 Å². The molecule has 1 aliphatic heterocycles. The summed E-state index contributed by atoms with van der Waals surface area (Å²) in [5.41, 5.74) is 0.966. The summed E-state index contributed by atoms with van der Waals surface area (Å²) < 4.78 is 11.0. The summed E-state index contributed by atoms with van der Waals surface area (Å²) in [7, 11) is 0. The van der Waals surface area contributed by atoms with Gasteiger partial charge in [-0.05, 0) is 13.0 Å². The van der Waals surface area contributed by atoms with E-state index in [0.717, 1.165) is 44.8 Å². The van der Waals surface area contributed by atoms with Gasteiger partial charge in [0.15, 0.2) is 5.76 Å². The van der Waals surface area contributed by atoms with Crippen molar-refractivity contribution in [2.24, 2.45) is 0 Å². The Labute approximate surface area is 147 Å². The van der Waals surface area contributed by atoms with Gasteiger partial charge >= 0.3 is 6.03 Å². The summed E-state index contributed by atoms with van der Waals surface area (Å²) in [6.45, 7) is 5.43. The van der Waals surface area contributed by atoms with Crippen LogP contribution >= 0.6 is 0 Å². The van der Waals surface area contributed by atoms with E-state index < -0.39 is 0 Å². The molecule has 0 unspecified atom stereocenters. The van der Waals surface area contributed by atoms with Crippen LogP contribution in [0, 0.1) is 0 Å². The predicted octanol–water partition coefficient (Wildman–Crippen LogP) is 1.86. The van der Waals surface area contributed by atoms with Crippen molar-refractivity contribution >= 4 is 6.03 Å². The molecule has 134 valence electrons. The van der Waals surface area contributed by atoms with Crippen molar-refractivity contribution in [3.8, 4) is 11.3 Å². The fraction of sp³-hybridized carbons (Fsp3) is 0.444. The molecule has 0 atom stereocenters. The molecule has 1 fully saturated rings. The Morgan fingerprint density at radius 1 is 1.16 bits per heavy atom. The average Bonchev–Trinajstić information content (AvgIpc) is 3.14. The van der Waals surface area contributed by atoms with Crippen LogP contribution in [-0.4, -0.2) is 55.3 Å². The smallest absolute Gasteiger partial charge is 0.315 e. The Hall–Kier alpha value is -2.38. The summed E-state index contributed by atoms with van der Waals surface area (Å²) in [4.78, 5) is 18.4. The summed E-state index contributed by atoms with van der Waals surface area (Å²) in [6, 6.07) is 9.55. The van der Waals surface area contributed by atoms with E-state index in [-0.39, 0.29) is 12.6 Å². The number of hydrogen-bond acceptors (Lipinski definition) is 5. The third-order valence-electron chi connectivity index (χ3n) is 4.05. The van der Waals surface area contributed by atoms with E-state index in [0.29, 0.717) is 18.2 Å². The molecule has 0 bridgehead atoms. The van der Waals surface area contributed by atoms with E-state index in [9.17, 15) is 4.79 Å². The maximum atomic E-state index is 11.8. The zero-order chi connectivity index (χ0) is 17.3. The monoisotopic (exact) mass is 344 g/mol. The molecule has 1 aromatic carbocycles. The zero-order valence-corrected chi connectivity index (χ0v) is 14.2. The van der Waals surface area contributed by atoms with E-state index in [1.807, 2.05) is 30.3 Å². The van der Waals surface area contributed by atoms with Crippen molar-refractivity contribution in [1.82, 2.24) is 20.5 Å². The van der Waals surface area contributed by atoms with Gasteiger partial charge in [0.1, 0.15) is 0 Å². The molecule has 2 amide bonds. The topological polar surface area (TPSA) is 79.6 Å². The van der Waals surface area contributed by atoms with Crippen LogP contribution in [0.25, 0.3) is 11.3 Å². The number of benzene rings is 1. The number of hydrogen-bond donors (Lipinski definition) is 2. The maximum Gasteiger partial charge on any atom is 0.315 e. The third kappa shape index (κ3) is 5.58. The number of rotatable bonds is 7. The molecule has 0 radical (unpaired) electrons. The fourth-order valence-electron chi connectivity index (χ4n) is 2.68. The van der Waals surface area contributed by atoms with Crippen molar-refractivity contribution in [3.63, 3.8) is 0 Å². The van der Waals surface area contributed by atoms with Gasteiger partial charge in [-0.15, -0.1) is 0 Å². The van der Waals surface area contributed by atoms with Gasteiger partial charge < -0.3 is 19.8 Å². The Morgan fingerprint density at radius 2 is 1.96 bits per heavy atom. The molecule has 0 saturated carbocycles. The van der Waals surface area contributed by atoms with Gasteiger partial charge in [0, 0.05) is 25.2 Å². The number of aromatic nitrogens is 1. The number of carbonyl (C=O) groups excluding carboxylic acids is 1. The molecular weight excluding hydrogens is 320 g/mol. The molecule has 0 spiro atoms. The quantitative estimate of drug-likeness (QED) is 0.750. The molecule has 1 aromatic heterocycles. The molecule has 25 heavy (non-hydrogen) atoms. The van der Waals surface area contributed by atoms with Crippen LogP contribution in [0.5, 0.6) is 0 Å². The highest BCUT2D eigenvalue weighted by Crippen LogP contribution is 2.19. The lowest BCUT2D eigenvalue weighted by atomic mass is 10.2. The highest BCUT2D eigenvalue weighted by Gasteiger charge is 2.10. The number of ether oxygens (including phenoxy) is 1. The van der Waals surface area contributed by atoms with E-state index in [1.54, 1.807) is 6.20 Å². The van der Waals surface area contributed by atoms with Crippen molar-refractivity contribution in [3.05, 3.63) is 42.4 Å². The van der Waals surface area contributed by atoms with Crippen LogP contribution in [0.2, 0.25) is 0 Å². The van der Waals surface area contributed by atoms with Crippen LogP contribution in [0.3, 0.4) is 0 Å². The lowest BCUT2D eigenvalue weighted by Crippen LogP contribution is -2.39. The zero-order valence-electron chi connectivity index (χ0n) is 14.2. The fourth-order valence-corrected chi connectivity index (χ4v) is 2.68. The van der Waals surface area contributed by atoms with Gasteiger partial charge in [-0.2, -0.15) is 0 Å². The number of oxazole rings is 1. The van der Waals surface area contributed by atoms with Gasteiger partial charge in [0.2, 0.25) is 5.89 Å². The van der Waals surface area contributed by atoms with E-state index in [1.165, 1.54) is 0 Å². The molecule has 0 aliphatic carbocycles. The molecule has 2 heterocycles. The second-order valence-electron chi connectivity index (χ2n) is 5.90. The minimum Gasteiger partial charge on any atom is -0.439 e. The molecule has 2 N–H and O–H groups in total. The molecule has 2 aromatic rings. The largest absolute Gasteiger partial charge is 0.439 e. The van der Waals surface area contributed by atoms with Gasteiger partial charge in [-0.25, -0.2) is 9.78 Å². The Bertz CT molecular complexity index is 653. The SMILES string of the molecule is O=C(NCCCN1CCOCC1)NCc1ncc(-c2ccccc2)o1. The van der Waals surface area contributed by atoms with E-state index >= 15 is 0 Å². The highest BCUT2D eigenvalue weighted by atomic mass is 16.5. The first kappa shape index (κ1) is 17.4. The van der Waals surface area contributed by atoms with Gasteiger partial charge in [-0.3, -0.25) is 4.90 Å². The number of nitrogens with one attached hydrogen (secondary N) is 2. The van der Waals surface area contributed by atoms with Crippen LogP contribution in [0.4, 0.5) is 4.79 Å². The number of urea groups is 1. The first-order chi connectivity index (χ1) is 12.3. The molecule has 1 aliphatic rings. The number of morpholine rings is 1. The Morgan fingerprint density at radius 3 is 2.76 bits per heavy atom. The van der Waals surface area contributed by atoms with Crippen LogP contribution in [-0.2, 0) is 11.3 Å². The molecular formula is C18H24N4O3. The standard InChI is InChI=1S/C18H24N4O3/c23-18(19-7-4-8-22-9-11-24-12-10-22)21-14-17-20-13-16(25-17)15-5-2-1-3-6-15/h1-3,5-6,13H,4,7-12,14H2,(H2,19,21,23). The number of nitrogens with zero attached hydrogens (tertiary/aromatic N) is 2.